The fourth-order valence-electron chi connectivity index (χ4n) is 3.87. The van der Waals surface area contributed by atoms with Gasteiger partial charge in [-0.15, -0.1) is 0 Å². The fraction of sp³-hybridized carbons (Fsp3) is 0.667. The number of rotatable bonds is 5. The molecular weight excluding hydrogens is 304 g/mol. The summed E-state index contributed by atoms with van der Waals surface area (Å²) in [6.07, 6.45) is 4.43. The Balaban J connectivity index is 1.66. The molecule has 6 nitrogen and oxygen atoms in total. The monoisotopic (exact) mass is 332 g/mol. The van der Waals surface area contributed by atoms with Gasteiger partial charge in [0.2, 0.25) is 11.8 Å². The van der Waals surface area contributed by atoms with Gasteiger partial charge in [0.25, 0.3) is 0 Å². The number of aromatic nitrogens is 1. The van der Waals surface area contributed by atoms with E-state index in [4.69, 9.17) is 0 Å². The van der Waals surface area contributed by atoms with Crippen LogP contribution in [0.1, 0.15) is 31.0 Å². The van der Waals surface area contributed by atoms with Crippen LogP contribution in [0.4, 0.5) is 0 Å². The molecule has 0 aromatic carbocycles. The van der Waals surface area contributed by atoms with Crippen molar-refractivity contribution in [2.75, 3.05) is 40.3 Å². The van der Waals surface area contributed by atoms with Crippen LogP contribution in [0.25, 0.3) is 0 Å². The van der Waals surface area contributed by atoms with Gasteiger partial charge in [-0.1, -0.05) is 0 Å². The SMILES string of the molecule is CN(C)CCN1C[C@@H](C(=O)N2CCC[C@H]2c2cccn2C)CC1=O. The summed E-state index contributed by atoms with van der Waals surface area (Å²) in [7, 11) is 6.02. The van der Waals surface area contributed by atoms with Crippen LogP contribution in [0, 0.1) is 5.92 Å². The van der Waals surface area contributed by atoms with Gasteiger partial charge in [0.15, 0.2) is 0 Å². The van der Waals surface area contributed by atoms with E-state index < -0.39 is 0 Å². The second-order valence-electron chi connectivity index (χ2n) is 7.28. The Bertz CT molecular complexity index is 610. The predicted octanol–water partition coefficient (Wildman–Crippen LogP) is 1.10. The number of amides is 2. The first-order valence-corrected chi connectivity index (χ1v) is 8.81. The maximum Gasteiger partial charge on any atom is 0.228 e. The first-order valence-electron chi connectivity index (χ1n) is 8.81. The molecule has 0 bridgehead atoms. The summed E-state index contributed by atoms with van der Waals surface area (Å²) in [5.74, 6) is 0.0877. The fourth-order valence-corrected chi connectivity index (χ4v) is 3.87. The van der Waals surface area contributed by atoms with Gasteiger partial charge in [-0.3, -0.25) is 9.59 Å². The Morgan fingerprint density at radius 3 is 2.83 bits per heavy atom. The Kier molecular flexibility index (Phi) is 4.94. The van der Waals surface area contributed by atoms with E-state index in [0.717, 1.165) is 25.9 Å². The molecule has 0 aliphatic carbocycles. The molecule has 132 valence electrons. The van der Waals surface area contributed by atoms with Gasteiger partial charge in [-0.25, -0.2) is 0 Å². The molecule has 0 N–H and O–H groups in total. The van der Waals surface area contributed by atoms with Crippen molar-refractivity contribution in [2.24, 2.45) is 13.0 Å². The minimum absolute atomic E-state index is 0.116. The van der Waals surface area contributed by atoms with Gasteiger partial charge in [0.05, 0.1) is 12.0 Å². The van der Waals surface area contributed by atoms with Crippen LogP contribution in [0.15, 0.2) is 18.3 Å². The van der Waals surface area contributed by atoms with Crippen molar-refractivity contribution in [3.05, 3.63) is 24.0 Å². The van der Waals surface area contributed by atoms with Crippen molar-refractivity contribution in [1.82, 2.24) is 19.3 Å². The summed E-state index contributed by atoms with van der Waals surface area (Å²) in [6, 6.07) is 4.28. The molecule has 2 fully saturated rings. The van der Waals surface area contributed by atoms with Crippen LogP contribution >= 0.6 is 0 Å². The minimum Gasteiger partial charge on any atom is -0.353 e. The summed E-state index contributed by atoms with van der Waals surface area (Å²) in [4.78, 5) is 31.1. The second-order valence-corrected chi connectivity index (χ2v) is 7.28. The number of hydrogen-bond donors (Lipinski definition) is 0. The highest BCUT2D eigenvalue weighted by molar-refractivity contribution is 5.89. The number of likely N-dealkylation sites (N-methyl/N-ethyl adjacent to an activating group) is 1. The summed E-state index contributed by atoms with van der Waals surface area (Å²) < 4.78 is 2.10. The van der Waals surface area contributed by atoms with E-state index in [9.17, 15) is 9.59 Å². The Labute approximate surface area is 144 Å². The van der Waals surface area contributed by atoms with Crippen LogP contribution in [-0.2, 0) is 16.6 Å². The van der Waals surface area contributed by atoms with Crippen LogP contribution < -0.4 is 0 Å². The molecule has 3 heterocycles. The highest BCUT2D eigenvalue weighted by Gasteiger charge is 2.40. The molecule has 2 aliphatic rings. The summed E-state index contributed by atoms with van der Waals surface area (Å²) in [6.45, 7) is 2.91. The van der Waals surface area contributed by atoms with Crippen molar-refractivity contribution in [1.29, 1.82) is 0 Å². The Morgan fingerprint density at radius 2 is 2.17 bits per heavy atom. The maximum absolute atomic E-state index is 13.0. The average molecular weight is 332 g/mol. The number of likely N-dealkylation sites (tertiary alicyclic amines) is 2. The van der Waals surface area contributed by atoms with E-state index >= 15 is 0 Å². The van der Waals surface area contributed by atoms with Gasteiger partial charge in [0.1, 0.15) is 0 Å². The number of carbonyl (C=O) groups is 2. The van der Waals surface area contributed by atoms with Crippen molar-refractivity contribution >= 4 is 11.8 Å². The van der Waals surface area contributed by atoms with E-state index in [1.165, 1.54) is 5.69 Å². The number of hydrogen-bond acceptors (Lipinski definition) is 3. The first kappa shape index (κ1) is 17.0. The largest absolute Gasteiger partial charge is 0.353 e. The third-order valence-corrected chi connectivity index (χ3v) is 5.24. The van der Waals surface area contributed by atoms with Crippen LogP contribution in [0.2, 0.25) is 0 Å². The van der Waals surface area contributed by atoms with E-state index in [1.54, 1.807) is 0 Å². The lowest BCUT2D eigenvalue weighted by atomic mass is 10.1. The highest BCUT2D eigenvalue weighted by Crippen LogP contribution is 2.34. The third-order valence-electron chi connectivity index (χ3n) is 5.24. The molecule has 0 saturated carbocycles. The third kappa shape index (κ3) is 3.34. The zero-order valence-corrected chi connectivity index (χ0v) is 14.9. The summed E-state index contributed by atoms with van der Waals surface area (Å²) in [5.41, 5.74) is 1.19. The van der Waals surface area contributed by atoms with Gasteiger partial charge >= 0.3 is 0 Å². The lowest BCUT2D eigenvalue weighted by Crippen LogP contribution is -2.38. The highest BCUT2D eigenvalue weighted by atomic mass is 16.2. The topological polar surface area (TPSA) is 48.8 Å². The summed E-state index contributed by atoms with van der Waals surface area (Å²) >= 11 is 0. The molecule has 0 unspecified atom stereocenters. The zero-order chi connectivity index (χ0) is 17.3. The molecule has 0 radical (unpaired) electrons. The molecule has 2 aliphatic heterocycles. The molecule has 2 saturated heterocycles. The van der Waals surface area contributed by atoms with Crippen molar-refractivity contribution in [3.8, 4) is 0 Å². The van der Waals surface area contributed by atoms with E-state index in [-0.39, 0.29) is 23.8 Å². The Hall–Kier alpha value is -1.82. The van der Waals surface area contributed by atoms with Gasteiger partial charge < -0.3 is 19.3 Å². The molecule has 0 spiro atoms. The number of nitrogens with zero attached hydrogens (tertiary/aromatic N) is 4. The van der Waals surface area contributed by atoms with Crippen molar-refractivity contribution in [2.45, 2.75) is 25.3 Å². The number of carbonyl (C=O) groups excluding carboxylic acids is 2. The first-order chi connectivity index (χ1) is 11.5. The standard InChI is InChI=1S/C18H28N4O2/c1-19(2)10-11-21-13-14(12-17(21)23)18(24)22-9-5-7-16(22)15-6-4-8-20(15)3/h4,6,8,14,16H,5,7,9-13H2,1-3H3/t14-,16-/m0/s1. The molecule has 1 aromatic heterocycles. The molecule has 1 aromatic rings. The van der Waals surface area contributed by atoms with Gasteiger partial charge in [-0.05, 0) is 39.1 Å². The molecular formula is C18H28N4O2. The minimum atomic E-state index is -0.180. The van der Waals surface area contributed by atoms with E-state index in [2.05, 4.69) is 15.5 Å². The molecule has 24 heavy (non-hydrogen) atoms. The van der Waals surface area contributed by atoms with Gasteiger partial charge in [-0.2, -0.15) is 0 Å². The van der Waals surface area contributed by atoms with Crippen LogP contribution in [0.5, 0.6) is 0 Å². The van der Waals surface area contributed by atoms with E-state index in [1.807, 2.05) is 43.2 Å². The zero-order valence-electron chi connectivity index (χ0n) is 14.9. The molecule has 2 amide bonds. The lowest BCUT2D eigenvalue weighted by Gasteiger charge is -2.28. The average Bonchev–Trinajstić information content (AvgIpc) is 3.23. The second kappa shape index (κ2) is 6.97. The van der Waals surface area contributed by atoms with Crippen molar-refractivity contribution in [3.63, 3.8) is 0 Å². The van der Waals surface area contributed by atoms with Crippen LogP contribution in [-0.4, -0.2) is 71.4 Å². The predicted molar refractivity (Wildman–Crippen MR) is 92.3 cm³/mol. The summed E-state index contributed by atoms with van der Waals surface area (Å²) in [5, 5.41) is 0. The molecule has 3 rings (SSSR count). The van der Waals surface area contributed by atoms with Crippen molar-refractivity contribution < 1.29 is 9.59 Å². The molecule has 6 heteroatoms. The quantitative estimate of drug-likeness (QED) is 0.811. The maximum atomic E-state index is 13.0. The lowest BCUT2D eigenvalue weighted by molar-refractivity contribution is -0.136. The number of aryl methyl sites for hydroxylation is 1. The normalized spacial score (nSPS) is 24.4. The molecule has 2 atom stereocenters. The van der Waals surface area contributed by atoms with E-state index in [0.29, 0.717) is 19.5 Å². The Morgan fingerprint density at radius 1 is 1.38 bits per heavy atom. The van der Waals surface area contributed by atoms with Crippen LogP contribution in [0.3, 0.4) is 0 Å². The van der Waals surface area contributed by atoms with Gasteiger partial charge in [0, 0.05) is 51.5 Å². The smallest absolute Gasteiger partial charge is 0.228 e.